The molecule has 70 valence electrons. The molecule has 1 fully saturated rings. The molecule has 0 amide bonds. The summed E-state index contributed by atoms with van der Waals surface area (Å²) in [5, 5.41) is 0. The Bertz CT molecular complexity index is 311. The highest BCUT2D eigenvalue weighted by atomic mass is 16.6. The van der Waals surface area contributed by atoms with Crippen LogP contribution in [0.25, 0.3) is 0 Å². The van der Waals surface area contributed by atoms with E-state index >= 15 is 0 Å². The van der Waals surface area contributed by atoms with Gasteiger partial charge in [-0.05, 0) is 19.1 Å². The van der Waals surface area contributed by atoms with Crippen molar-refractivity contribution >= 4 is 5.97 Å². The summed E-state index contributed by atoms with van der Waals surface area (Å²) in [5.74, 6) is 0.544. The molecule has 4 heteroatoms. The molecule has 1 saturated heterocycles. The van der Waals surface area contributed by atoms with Gasteiger partial charge in [0.15, 0.2) is 0 Å². The zero-order chi connectivity index (χ0) is 9.26. The number of hydrogen-bond donors (Lipinski definition) is 0. The minimum Gasteiger partial charge on any atom is -0.454 e. The van der Waals surface area contributed by atoms with Gasteiger partial charge in [-0.1, -0.05) is 0 Å². The van der Waals surface area contributed by atoms with Crippen LogP contribution in [0.15, 0.2) is 16.5 Å². The van der Waals surface area contributed by atoms with Crippen LogP contribution in [0, 0.1) is 6.92 Å². The lowest BCUT2D eigenvalue weighted by molar-refractivity contribution is -0.104. The van der Waals surface area contributed by atoms with Crippen molar-refractivity contribution in [2.75, 3.05) is 13.2 Å². The van der Waals surface area contributed by atoms with Gasteiger partial charge in [0.05, 0.1) is 13.2 Å². The predicted octanol–water partition coefficient (Wildman–Crippen LogP) is 1.14. The molecule has 0 N–H and O–H groups in total. The Balaban J connectivity index is 1.96. The second kappa shape index (κ2) is 3.22. The fourth-order valence-corrected chi connectivity index (χ4v) is 1.04. The summed E-state index contributed by atoms with van der Waals surface area (Å²) in [5.41, 5.74) is 0. The first-order valence-electron chi connectivity index (χ1n) is 4.11. The van der Waals surface area contributed by atoms with Gasteiger partial charge in [-0.3, -0.25) is 0 Å². The minimum atomic E-state index is -0.415. The number of rotatable bonds is 2. The van der Waals surface area contributed by atoms with E-state index in [-0.39, 0.29) is 11.9 Å². The number of esters is 1. The highest BCUT2D eigenvalue weighted by Gasteiger charge is 2.24. The molecule has 0 spiro atoms. The number of ether oxygens (including phenoxy) is 2. The van der Waals surface area contributed by atoms with E-state index < -0.39 is 5.97 Å². The Kier molecular flexibility index (Phi) is 2.06. The van der Waals surface area contributed by atoms with Crippen molar-refractivity contribution in [3.05, 3.63) is 23.7 Å². The van der Waals surface area contributed by atoms with E-state index in [9.17, 15) is 4.79 Å². The maximum absolute atomic E-state index is 11.3. The Morgan fingerprint density at radius 1 is 1.54 bits per heavy atom. The standard InChI is InChI=1S/C9H10O4/c1-6-2-3-8(12-6)9(10)13-7-4-11-5-7/h2-3,7H,4-5H2,1H3. The van der Waals surface area contributed by atoms with Gasteiger partial charge in [-0.2, -0.15) is 0 Å². The zero-order valence-electron chi connectivity index (χ0n) is 7.28. The van der Waals surface area contributed by atoms with Gasteiger partial charge in [-0.25, -0.2) is 4.79 Å². The van der Waals surface area contributed by atoms with Gasteiger partial charge in [0.2, 0.25) is 5.76 Å². The Labute approximate surface area is 75.4 Å². The summed E-state index contributed by atoms with van der Waals surface area (Å²) in [6.07, 6.45) is -0.0992. The molecule has 0 bridgehead atoms. The molecular weight excluding hydrogens is 172 g/mol. The molecule has 0 atom stereocenters. The van der Waals surface area contributed by atoms with E-state index in [1.54, 1.807) is 19.1 Å². The SMILES string of the molecule is Cc1ccc(C(=O)OC2COC2)o1. The fraction of sp³-hybridized carbons (Fsp3) is 0.444. The Morgan fingerprint density at radius 2 is 2.31 bits per heavy atom. The first-order valence-corrected chi connectivity index (χ1v) is 4.11. The molecule has 0 saturated carbocycles. The highest BCUT2D eigenvalue weighted by Crippen LogP contribution is 2.12. The van der Waals surface area contributed by atoms with E-state index in [4.69, 9.17) is 13.9 Å². The molecule has 1 aromatic rings. The number of carbonyl (C=O) groups is 1. The van der Waals surface area contributed by atoms with Crippen LogP contribution < -0.4 is 0 Å². The molecule has 2 heterocycles. The Morgan fingerprint density at radius 3 is 2.77 bits per heavy atom. The van der Waals surface area contributed by atoms with Crippen molar-refractivity contribution in [2.24, 2.45) is 0 Å². The second-order valence-corrected chi connectivity index (χ2v) is 2.98. The predicted molar refractivity (Wildman–Crippen MR) is 43.5 cm³/mol. The van der Waals surface area contributed by atoms with Crippen molar-refractivity contribution in [3.63, 3.8) is 0 Å². The summed E-state index contributed by atoms with van der Waals surface area (Å²) >= 11 is 0. The van der Waals surface area contributed by atoms with Crippen molar-refractivity contribution in [2.45, 2.75) is 13.0 Å². The number of carbonyl (C=O) groups excluding carboxylic acids is 1. The minimum absolute atomic E-state index is 0.0992. The van der Waals surface area contributed by atoms with Gasteiger partial charge in [0.1, 0.15) is 11.9 Å². The van der Waals surface area contributed by atoms with Gasteiger partial charge < -0.3 is 13.9 Å². The third-order valence-corrected chi connectivity index (χ3v) is 1.82. The third-order valence-electron chi connectivity index (χ3n) is 1.82. The van der Waals surface area contributed by atoms with Gasteiger partial charge in [0, 0.05) is 0 Å². The lowest BCUT2D eigenvalue weighted by atomic mass is 10.3. The van der Waals surface area contributed by atoms with Crippen LogP contribution in [0.5, 0.6) is 0 Å². The van der Waals surface area contributed by atoms with E-state index in [0.717, 1.165) is 0 Å². The maximum atomic E-state index is 11.3. The van der Waals surface area contributed by atoms with E-state index in [1.807, 2.05) is 0 Å². The Hall–Kier alpha value is -1.29. The average molecular weight is 182 g/mol. The van der Waals surface area contributed by atoms with Crippen molar-refractivity contribution < 1.29 is 18.7 Å². The van der Waals surface area contributed by atoms with Crippen molar-refractivity contribution in [3.8, 4) is 0 Å². The highest BCUT2D eigenvalue weighted by molar-refractivity contribution is 5.86. The van der Waals surface area contributed by atoms with Crippen LogP contribution in [0.2, 0.25) is 0 Å². The van der Waals surface area contributed by atoms with E-state index in [2.05, 4.69) is 0 Å². The van der Waals surface area contributed by atoms with Crippen LogP contribution >= 0.6 is 0 Å². The van der Waals surface area contributed by atoms with E-state index in [1.165, 1.54) is 0 Å². The van der Waals surface area contributed by atoms with Crippen LogP contribution in [-0.2, 0) is 9.47 Å². The summed E-state index contributed by atoms with van der Waals surface area (Å²) in [6.45, 7) is 2.76. The molecule has 0 unspecified atom stereocenters. The molecule has 13 heavy (non-hydrogen) atoms. The average Bonchev–Trinajstić information content (AvgIpc) is 2.44. The first kappa shape index (κ1) is 8.31. The quantitative estimate of drug-likeness (QED) is 0.643. The van der Waals surface area contributed by atoms with Crippen LogP contribution in [-0.4, -0.2) is 25.3 Å². The van der Waals surface area contributed by atoms with Gasteiger partial charge in [-0.15, -0.1) is 0 Å². The third kappa shape index (κ3) is 1.72. The largest absolute Gasteiger partial charge is 0.454 e. The zero-order valence-corrected chi connectivity index (χ0v) is 7.28. The summed E-state index contributed by atoms with van der Waals surface area (Å²) in [7, 11) is 0. The molecule has 0 radical (unpaired) electrons. The van der Waals surface area contributed by atoms with Crippen LogP contribution in [0.3, 0.4) is 0 Å². The molecule has 4 nitrogen and oxygen atoms in total. The monoisotopic (exact) mass is 182 g/mol. The fourth-order valence-electron chi connectivity index (χ4n) is 1.04. The van der Waals surface area contributed by atoms with E-state index in [0.29, 0.717) is 19.0 Å². The van der Waals surface area contributed by atoms with Crippen molar-refractivity contribution in [1.82, 2.24) is 0 Å². The van der Waals surface area contributed by atoms with Crippen molar-refractivity contribution in [1.29, 1.82) is 0 Å². The molecule has 0 aromatic carbocycles. The molecular formula is C9H10O4. The number of aryl methyl sites for hydroxylation is 1. The topological polar surface area (TPSA) is 48.7 Å². The molecule has 1 aliphatic heterocycles. The second-order valence-electron chi connectivity index (χ2n) is 2.98. The van der Waals surface area contributed by atoms with Gasteiger partial charge in [0.25, 0.3) is 0 Å². The summed E-state index contributed by atoms with van der Waals surface area (Å²) in [6, 6.07) is 3.34. The lowest BCUT2D eigenvalue weighted by Gasteiger charge is -2.24. The van der Waals surface area contributed by atoms with Gasteiger partial charge >= 0.3 is 5.97 Å². The number of hydrogen-bond acceptors (Lipinski definition) is 4. The van der Waals surface area contributed by atoms with Crippen LogP contribution in [0.4, 0.5) is 0 Å². The molecule has 1 aliphatic rings. The molecule has 0 aliphatic carbocycles. The number of furan rings is 1. The molecule has 1 aromatic heterocycles. The first-order chi connectivity index (χ1) is 6.25. The maximum Gasteiger partial charge on any atom is 0.374 e. The normalized spacial score (nSPS) is 16.7. The molecule has 2 rings (SSSR count). The van der Waals surface area contributed by atoms with Crippen LogP contribution in [0.1, 0.15) is 16.3 Å². The summed E-state index contributed by atoms with van der Waals surface area (Å²) in [4.78, 5) is 11.3. The lowest BCUT2D eigenvalue weighted by Crippen LogP contribution is -2.37. The smallest absolute Gasteiger partial charge is 0.374 e. The summed E-state index contributed by atoms with van der Waals surface area (Å²) < 4.78 is 15.0.